The molecule has 0 spiro atoms. The highest BCUT2D eigenvalue weighted by atomic mass is 16.5. The van der Waals surface area contributed by atoms with Gasteiger partial charge in [-0.25, -0.2) is 0 Å². The lowest BCUT2D eigenvalue weighted by Gasteiger charge is -2.22. The molecule has 1 aromatic heterocycles. The van der Waals surface area contributed by atoms with Crippen molar-refractivity contribution >= 4 is 16.8 Å². The van der Waals surface area contributed by atoms with Crippen LogP contribution < -0.4 is 14.8 Å². The molecule has 0 atom stereocenters. The van der Waals surface area contributed by atoms with Gasteiger partial charge in [0.25, 0.3) is 5.91 Å². The number of aromatic nitrogens is 1. The maximum Gasteiger partial charge on any atom is 0.252 e. The second-order valence-electron chi connectivity index (χ2n) is 9.50. The lowest BCUT2D eigenvalue weighted by molar-refractivity contribution is 0.0930. The molecule has 1 aliphatic carbocycles. The van der Waals surface area contributed by atoms with Crippen LogP contribution in [-0.2, 0) is 5.54 Å². The van der Waals surface area contributed by atoms with Crippen LogP contribution in [0.25, 0.3) is 10.9 Å². The van der Waals surface area contributed by atoms with E-state index in [0.29, 0.717) is 17.1 Å². The number of nitrogens with one attached hydrogen (secondary N) is 1. The molecular weight excluding hydrogens is 462 g/mol. The first-order valence-electron chi connectivity index (χ1n) is 12.4. The van der Waals surface area contributed by atoms with Crippen molar-refractivity contribution in [2.45, 2.75) is 25.3 Å². The number of pyridine rings is 1. The van der Waals surface area contributed by atoms with Gasteiger partial charge in [0.15, 0.2) is 0 Å². The number of likely N-dealkylation sites (N-methyl/N-ethyl adjacent to an activating group) is 1. The van der Waals surface area contributed by atoms with Gasteiger partial charge in [-0.2, -0.15) is 0 Å². The van der Waals surface area contributed by atoms with Gasteiger partial charge in [-0.3, -0.25) is 9.78 Å². The quantitative estimate of drug-likeness (QED) is 0.346. The highest BCUT2D eigenvalue weighted by Gasteiger charge is 2.47. The van der Waals surface area contributed by atoms with E-state index in [1.54, 1.807) is 19.4 Å². The van der Waals surface area contributed by atoms with Gasteiger partial charge in [-0.05, 0) is 79.6 Å². The molecule has 188 valence electrons. The third kappa shape index (κ3) is 5.43. The number of ether oxygens (including phenoxy) is 2. The molecule has 1 aliphatic heterocycles. The van der Waals surface area contributed by atoms with Crippen LogP contribution >= 0.6 is 0 Å². The molecule has 37 heavy (non-hydrogen) atoms. The van der Waals surface area contributed by atoms with Crippen molar-refractivity contribution in [2.24, 2.45) is 0 Å². The van der Waals surface area contributed by atoms with E-state index in [-0.39, 0.29) is 5.91 Å². The maximum atomic E-state index is 13.3. The van der Waals surface area contributed by atoms with Crippen LogP contribution in [0.2, 0.25) is 0 Å². The summed E-state index contributed by atoms with van der Waals surface area (Å²) in [5.41, 5.74) is 2.96. The van der Waals surface area contributed by atoms with Crippen LogP contribution in [-0.4, -0.2) is 36.5 Å². The third-order valence-electron chi connectivity index (χ3n) is 6.73. The van der Waals surface area contributed by atoms with E-state index >= 15 is 0 Å². The minimum Gasteiger partial charge on any atom is -0.497 e. The fraction of sp³-hybridized carbons (Fsp3) is 0.226. The summed E-state index contributed by atoms with van der Waals surface area (Å²) in [6.45, 7) is 3.07. The Morgan fingerprint density at radius 2 is 1.73 bits per heavy atom. The number of para-hydroxylation sites is 1. The minimum atomic E-state index is -0.441. The molecule has 0 bridgehead atoms. The van der Waals surface area contributed by atoms with E-state index in [2.05, 4.69) is 34.5 Å². The normalized spacial score (nSPS) is 14.7. The predicted molar refractivity (Wildman–Crippen MR) is 146 cm³/mol. The van der Waals surface area contributed by atoms with Crippen molar-refractivity contribution in [1.29, 1.82) is 0 Å². The van der Waals surface area contributed by atoms with Crippen molar-refractivity contribution in [3.63, 3.8) is 0 Å². The van der Waals surface area contributed by atoms with Gasteiger partial charge in [-0.15, -0.1) is 0 Å². The number of carbonyl (C=O) groups is 1. The summed E-state index contributed by atoms with van der Waals surface area (Å²) >= 11 is 0. The number of hydrogen-bond acceptors (Lipinski definition) is 5. The molecule has 2 aliphatic rings. The number of rotatable bonds is 6. The average molecular weight is 494 g/mol. The van der Waals surface area contributed by atoms with Gasteiger partial charge in [-0.1, -0.05) is 30.3 Å². The Balaban J connectivity index is 0.000000503. The molecule has 3 aromatic carbocycles. The molecule has 1 amide bonds. The zero-order valence-corrected chi connectivity index (χ0v) is 21.4. The Bertz CT molecular complexity index is 1450. The standard InChI is InChI=1S/C27H24N2O3.C4H7N/c1-18-10-11-20(31-2)15-23(18)26(30)29-27(12-13-27)24-16-21(32-19-7-4-3-5-8-19)17-25-22(24)9-6-14-28-25;1-5-3-2-4-5/h3-11,14-17H,12-13H2,1-2H3,(H,29,30);2-3H,4H2,1H3. The molecule has 0 saturated heterocycles. The predicted octanol–water partition coefficient (Wildman–Crippen LogP) is 6.21. The Kier molecular flexibility index (Phi) is 6.82. The highest BCUT2D eigenvalue weighted by Crippen LogP contribution is 2.49. The molecule has 0 unspecified atom stereocenters. The molecule has 1 fully saturated rings. The highest BCUT2D eigenvalue weighted by molar-refractivity contribution is 5.97. The average Bonchev–Trinajstić information content (AvgIpc) is 3.68. The lowest BCUT2D eigenvalue weighted by Crippen LogP contribution is -2.35. The molecule has 6 rings (SSSR count). The summed E-state index contributed by atoms with van der Waals surface area (Å²) in [7, 11) is 3.66. The van der Waals surface area contributed by atoms with Gasteiger partial charge < -0.3 is 19.7 Å². The summed E-state index contributed by atoms with van der Waals surface area (Å²) in [5, 5.41) is 4.32. The van der Waals surface area contributed by atoms with Crippen LogP contribution in [0.1, 0.15) is 34.3 Å². The van der Waals surface area contributed by atoms with E-state index < -0.39 is 5.54 Å². The Morgan fingerprint density at radius 1 is 0.973 bits per heavy atom. The summed E-state index contributed by atoms with van der Waals surface area (Å²) in [6, 6.07) is 23.2. The Hall–Kier alpha value is -4.32. The van der Waals surface area contributed by atoms with Gasteiger partial charge in [0.05, 0.1) is 18.2 Å². The second kappa shape index (κ2) is 10.3. The van der Waals surface area contributed by atoms with Gasteiger partial charge in [0.1, 0.15) is 17.2 Å². The molecule has 4 aromatic rings. The molecule has 1 N–H and O–H groups in total. The number of methoxy groups -OCH3 is 1. The molecule has 2 heterocycles. The Labute approximate surface area is 217 Å². The number of amides is 1. The Morgan fingerprint density at radius 3 is 2.38 bits per heavy atom. The minimum absolute atomic E-state index is 0.106. The SMILES string of the molecule is CN1C=CC1.COc1ccc(C)c(C(=O)NC2(c3cc(Oc4ccccc4)cc4ncccc34)CC2)c1. The van der Waals surface area contributed by atoms with Gasteiger partial charge in [0, 0.05) is 36.8 Å². The van der Waals surface area contributed by atoms with Crippen molar-refractivity contribution in [3.8, 4) is 17.2 Å². The van der Waals surface area contributed by atoms with Crippen molar-refractivity contribution in [2.75, 3.05) is 20.7 Å². The van der Waals surface area contributed by atoms with Crippen molar-refractivity contribution < 1.29 is 14.3 Å². The molecule has 6 heteroatoms. The fourth-order valence-corrected chi connectivity index (χ4v) is 4.40. The summed E-state index contributed by atoms with van der Waals surface area (Å²) in [5.74, 6) is 2.02. The number of fused-ring (bicyclic) bond motifs is 1. The van der Waals surface area contributed by atoms with Crippen LogP contribution in [0.4, 0.5) is 0 Å². The first-order valence-corrected chi connectivity index (χ1v) is 12.4. The zero-order valence-electron chi connectivity index (χ0n) is 21.4. The van der Waals surface area contributed by atoms with Crippen LogP contribution in [0.3, 0.4) is 0 Å². The monoisotopic (exact) mass is 493 g/mol. The van der Waals surface area contributed by atoms with Crippen LogP contribution in [0, 0.1) is 6.92 Å². The largest absolute Gasteiger partial charge is 0.497 e. The number of carbonyl (C=O) groups excluding carboxylic acids is 1. The number of aryl methyl sites for hydroxylation is 1. The van der Waals surface area contributed by atoms with E-state index in [9.17, 15) is 4.79 Å². The molecule has 1 saturated carbocycles. The van der Waals surface area contributed by atoms with Crippen molar-refractivity contribution in [3.05, 3.63) is 108 Å². The summed E-state index contributed by atoms with van der Waals surface area (Å²) < 4.78 is 11.4. The zero-order chi connectivity index (χ0) is 25.8. The van der Waals surface area contributed by atoms with E-state index in [0.717, 1.165) is 47.2 Å². The lowest BCUT2D eigenvalue weighted by atomic mass is 9.97. The molecule has 0 radical (unpaired) electrons. The maximum absolute atomic E-state index is 13.3. The van der Waals surface area contributed by atoms with E-state index in [1.807, 2.05) is 73.7 Å². The number of hydrogen-bond donors (Lipinski definition) is 1. The van der Waals surface area contributed by atoms with Crippen LogP contribution in [0.5, 0.6) is 17.2 Å². The molecule has 6 nitrogen and oxygen atoms in total. The van der Waals surface area contributed by atoms with E-state index in [1.165, 1.54) is 0 Å². The first kappa shape index (κ1) is 24.4. The topological polar surface area (TPSA) is 63.7 Å². The summed E-state index contributed by atoms with van der Waals surface area (Å²) in [6.07, 6.45) is 7.68. The van der Waals surface area contributed by atoms with Gasteiger partial charge >= 0.3 is 0 Å². The van der Waals surface area contributed by atoms with Crippen molar-refractivity contribution in [1.82, 2.24) is 15.2 Å². The number of nitrogens with zero attached hydrogens (tertiary/aromatic N) is 2. The fourth-order valence-electron chi connectivity index (χ4n) is 4.40. The van der Waals surface area contributed by atoms with Gasteiger partial charge in [0.2, 0.25) is 0 Å². The first-order chi connectivity index (χ1) is 18.0. The summed E-state index contributed by atoms with van der Waals surface area (Å²) in [4.78, 5) is 19.9. The number of benzene rings is 3. The smallest absolute Gasteiger partial charge is 0.252 e. The van der Waals surface area contributed by atoms with Crippen LogP contribution in [0.15, 0.2) is 91.3 Å². The third-order valence-corrected chi connectivity index (χ3v) is 6.73. The molecular formula is C31H31N3O3. The van der Waals surface area contributed by atoms with E-state index in [4.69, 9.17) is 9.47 Å². The second-order valence-corrected chi connectivity index (χ2v) is 9.50.